The smallest absolute Gasteiger partial charge is 0.320 e. The molecule has 106 valence electrons. The average molecular weight is 268 g/mol. The summed E-state index contributed by atoms with van der Waals surface area (Å²) in [5.41, 5.74) is 3.66. The van der Waals surface area contributed by atoms with Crippen LogP contribution in [0, 0.1) is 0 Å². The number of rotatable bonds is 10. The van der Waals surface area contributed by atoms with Crippen LogP contribution in [0.3, 0.4) is 0 Å². The monoisotopic (exact) mass is 268 g/mol. The molecular formula is C13H20N2O4. The lowest BCUT2D eigenvalue weighted by Gasteiger charge is -2.14. The van der Waals surface area contributed by atoms with E-state index in [0.29, 0.717) is 19.6 Å². The van der Waals surface area contributed by atoms with Gasteiger partial charge in [0.05, 0.1) is 20.4 Å². The number of nitrogens with one attached hydrogen (secondary N) is 2. The SMILES string of the molecule is CONCCC(NCOCc1ccccc1)C(=O)O. The topological polar surface area (TPSA) is 79.8 Å². The summed E-state index contributed by atoms with van der Waals surface area (Å²) in [5.74, 6) is -0.902. The van der Waals surface area contributed by atoms with Crippen LogP contribution in [-0.2, 0) is 21.0 Å². The van der Waals surface area contributed by atoms with Gasteiger partial charge in [0.2, 0.25) is 0 Å². The van der Waals surface area contributed by atoms with Gasteiger partial charge in [0.25, 0.3) is 0 Å². The standard InChI is InChI=1S/C13H20N2O4/c1-18-15-8-7-12(13(16)17)14-10-19-9-11-5-3-2-4-6-11/h2-6,12,14-15H,7-10H2,1H3,(H,16,17). The molecule has 0 radical (unpaired) electrons. The van der Waals surface area contributed by atoms with E-state index in [-0.39, 0.29) is 6.73 Å². The molecule has 0 fully saturated rings. The third-order valence-electron chi connectivity index (χ3n) is 2.52. The number of hydrogen-bond donors (Lipinski definition) is 3. The van der Waals surface area contributed by atoms with Crippen molar-refractivity contribution in [2.24, 2.45) is 0 Å². The molecule has 0 amide bonds. The first-order chi connectivity index (χ1) is 9.24. The van der Waals surface area contributed by atoms with Crippen LogP contribution >= 0.6 is 0 Å². The second kappa shape index (κ2) is 9.46. The molecule has 0 saturated carbocycles. The van der Waals surface area contributed by atoms with E-state index in [2.05, 4.69) is 15.6 Å². The van der Waals surface area contributed by atoms with E-state index in [4.69, 9.17) is 9.84 Å². The Hall–Kier alpha value is -1.47. The van der Waals surface area contributed by atoms with Crippen LogP contribution in [0.15, 0.2) is 30.3 Å². The van der Waals surface area contributed by atoms with Gasteiger partial charge < -0.3 is 14.7 Å². The van der Waals surface area contributed by atoms with Gasteiger partial charge in [-0.1, -0.05) is 30.3 Å². The predicted octanol–water partition coefficient (Wildman–Crippen LogP) is 0.745. The van der Waals surface area contributed by atoms with Crippen LogP contribution in [0.1, 0.15) is 12.0 Å². The lowest BCUT2D eigenvalue weighted by molar-refractivity contribution is -0.140. The zero-order chi connectivity index (χ0) is 13.9. The molecule has 1 atom stereocenters. The average Bonchev–Trinajstić information content (AvgIpc) is 2.42. The minimum Gasteiger partial charge on any atom is -0.480 e. The van der Waals surface area contributed by atoms with Gasteiger partial charge in [-0.3, -0.25) is 10.1 Å². The van der Waals surface area contributed by atoms with E-state index in [1.165, 1.54) is 7.11 Å². The van der Waals surface area contributed by atoms with Crippen molar-refractivity contribution in [3.63, 3.8) is 0 Å². The molecule has 1 rings (SSSR count). The van der Waals surface area contributed by atoms with Gasteiger partial charge in [0.15, 0.2) is 0 Å². The molecule has 0 heterocycles. The van der Waals surface area contributed by atoms with Crippen LogP contribution < -0.4 is 10.8 Å². The Labute approximate surface area is 112 Å². The highest BCUT2D eigenvalue weighted by Gasteiger charge is 2.15. The van der Waals surface area contributed by atoms with Gasteiger partial charge in [0, 0.05) is 6.54 Å². The van der Waals surface area contributed by atoms with Crippen LogP contribution in [0.5, 0.6) is 0 Å². The van der Waals surface area contributed by atoms with Gasteiger partial charge in [0.1, 0.15) is 6.04 Å². The van der Waals surface area contributed by atoms with Crippen molar-refractivity contribution in [1.29, 1.82) is 0 Å². The van der Waals surface area contributed by atoms with Crippen molar-refractivity contribution in [2.75, 3.05) is 20.4 Å². The largest absolute Gasteiger partial charge is 0.480 e. The number of ether oxygens (including phenoxy) is 1. The fraction of sp³-hybridized carbons (Fsp3) is 0.462. The molecular weight excluding hydrogens is 248 g/mol. The summed E-state index contributed by atoms with van der Waals surface area (Å²) in [7, 11) is 1.49. The second-order valence-corrected chi connectivity index (χ2v) is 3.96. The van der Waals surface area contributed by atoms with Crippen LogP contribution in [0.2, 0.25) is 0 Å². The van der Waals surface area contributed by atoms with Gasteiger partial charge in [-0.05, 0) is 12.0 Å². The molecule has 0 spiro atoms. The summed E-state index contributed by atoms with van der Waals surface area (Å²) in [6, 6.07) is 9.06. The minimum absolute atomic E-state index is 0.193. The maximum atomic E-state index is 11.0. The second-order valence-electron chi connectivity index (χ2n) is 3.96. The highest BCUT2D eigenvalue weighted by molar-refractivity contribution is 5.73. The number of aliphatic carboxylic acids is 1. The molecule has 0 aliphatic rings. The quantitative estimate of drug-likeness (QED) is 0.330. The molecule has 1 unspecified atom stereocenters. The zero-order valence-electron chi connectivity index (χ0n) is 11.0. The Kier molecular flexibility index (Phi) is 7.76. The normalized spacial score (nSPS) is 12.3. The molecule has 1 aromatic carbocycles. The third-order valence-corrected chi connectivity index (χ3v) is 2.52. The predicted molar refractivity (Wildman–Crippen MR) is 70.3 cm³/mol. The van der Waals surface area contributed by atoms with Crippen molar-refractivity contribution >= 4 is 5.97 Å². The van der Waals surface area contributed by atoms with E-state index in [1.54, 1.807) is 0 Å². The van der Waals surface area contributed by atoms with Crippen molar-refractivity contribution in [3.05, 3.63) is 35.9 Å². The van der Waals surface area contributed by atoms with E-state index in [0.717, 1.165) is 5.56 Å². The molecule has 0 aliphatic carbocycles. The Morgan fingerprint density at radius 3 is 2.74 bits per heavy atom. The number of hydroxylamine groups is 1. The fourth-order valence-electron chi connectivity index (χ4n) is 1.52. The molecule has 6 heteroatoms. The van der Waals surface area contributed by atoms with Crippen LogP contribution in [0.25, 0.3) is 0 Å². The van der Waals surface area contributed by atoms with E-state index in [1.807, 2.05) is 30.3 Å². The number of benzene rings is 1. The molecule has 0 aromatic heterocycles. The Bertz CT molecular complexity index is 359. The number of carboxylic acids is 1. The van der Waals surface area contributed by atoms with Crippen molar-refractivity contribution in [2.45, 2.75) is 19.1 Å². The van der Waals surface area contributed by atoms with E-state index in [9.17, 15) is 4.79 Å². The molecule has 6 nitrogen and oxygen atoms in total. The van der Waals surface area contributed by atoms with Crippen LogP contribution in [0.4, 0.5) is 0 Å². The molecule has 0 bridgehead atoms. The lowest BCUT2D eigenvalue weighted by atomic mass is 10.2. The lowest BCUT2D eigenvalue weighted by Crippen LogP contribution is -2.40. The maximum absolute atomic E-state index is 11.0. The first-order valence-corrected chi connectivity index (χ1v) is 6.07. The molecule has 19 heavy (non-hydrogen) atoms. The Balaban J connectivity index is 2.19. The molecule has 0 saturated heterocycles. The first-order valence-electron chi connectivity index (χ1n) is 6.07. The van der Waals surface area contributed by atoms with Gasteiger partial charge in [-0.25, -0.2) is 5.48 Å². The highest BCUT2D eigenvalue weighted by atomic mass is 16.6. The summed E-state index contributed by atoms with van der Waals surface area (Å²) in [6.45, 7) is 1.11. The van der Waals surface area contributed by atoms with Gasteiger partial charge >= 0.3 is 5.97 Å². The van der Waals surface area contributed by atoms with Crippen molar-refractivity contribution in [1.82, 2.24) is 10.8 Å². The highest BCUT2D eigenvalue weighted by Crippen LogP contribution is 2.00. The number of hydrogen-bond acceptors (Lipinski definition) is 5. The summed E-state index contributed by atoms with van der Waals surface area (Å²) in [5, 5.41) is 11.8. The molecule has 1 aromatic rings. The summed E-state index contributed by atoms with van der Waals surface area (Å²) < 4.78 is 5.38. The Morgan fingerprint density at radius 1 is 1.37 bits per heavy atom. The molecule has 3 N–H and O–H groups in total. The third kappa shape index (κ3) is 6.88. The summed E-state index contributed by atoms with van der Waals surface area (Å²) >= 11 is 0. The van der Waals surface area contributed by atoms with Gasteiger partial charge in [-0.2, -0.15) is 0 Å². The van der Waals surface area contributed by atoms with Crippen molar-refractivity contribution in [3.8, 4) is 0 Å². The van der Waals surface area contributed by atoms with Crippen LogP contribution in [-0.4, -0.2) is 37.5 Å². The molecule has 0 aliphatic heterocycles. The number of carbonyl (C=O) groups is 1. The van der Waals surface area contributed by atoms with E-state index >= 15 is 0 Å². The maximum Gasteiger partial charge on any atom is 0.320 e. The Morgan fingerprint density at radius 2 is 2.11 bits per heavy atom. The number of carboxylic acid groups (broad SMARTS) is 1. The minimum atomic E-state index is -0.902. The van der Waals surface area contributed by atoms with Crippen molar-refractivity contribution < 1.29 is 19.5 Å². The van der Waals surface area contributed by atoms with E-state index < -0.39 is 12.0 Å². The zero-order valence-corrected chi connectivity index (χ0v) is 11.0. The summed E-state index contributed by atoms with van der Waals surface area (Å²) in [6.07, 6.45) is 0.415. The first kappa shape index (κ1) is 15.6. The van der Waals surface area contributed by atoms with Gasteiger partial charge in [-0.15, -0.1) is 0 Å². The summed E-state index contributed by atoms with van der Waals surface area (Å²) in [4.78, 5) is 15.6. The fourth-order valence-corrected chi connectivity index (χ4v) is 1.52.